The lowest BCUT2D eigenvalue weighted by molar-refractivity contribution is 0.475. The van der Waals surface area contributed by atoms with Crippen LogP contribution < -0.4 is 5.32 Å². The molecule has 0 radical (unpaired) electrons. The number of rotatable bonds is 5. The van der Waals surface area contributed by atoms with E-state index in [0.29, 0.717) is 10.9 Å². The number of aromatic nitrogens is 4. The maximum absolute atomic E-state index is 6.05. The SMILES string of the molecule is CC(C)CNC(C)c1nnnn1-c1cc(Cl)ccc1Br. The lowest BCUT2D eigenvalue weighted by Gasteiger charge is -2.15. The Kier molecular flexibility index (Phi) is 5.12. The van der Waals surface area contributed by atoms with E-state index in [2.05, 4.69) is 50.6 Å². The quantitative estimate of drug-likeness (QED) is 0.890. The van der Waals surface area contributed by atoms with Gasteiger partial charge in [-0.05, 0) is 63.9 Å². The highest BCUT2D eigenvalue weighted by Gasteiger charge is 2.17. The Hall–Kier alpha value is -0.980. The summed E-state index contributed by atoms with van der Waals surface area (Å²) in [7, 11) is 0. The Bertz CT molecular complexity index is 584. The lowest BCUT2D eigenvalue weighted by Crippen LogP contribution is -2.25. The molecule has 2 rings (SSSR count). The van der Waals surface area contributed by atoms with E-state index in [1.807, 2.05) is 25.1 Å². The van der Waals surface area contributed by atoms with Gasteiger partial charge in [-0.2, -0.15) is 4.68 Å². The van der Waals surface area contributed by atoms with E-state index < -0.39 is 0 Å². The Balaban J connectivity index is 2.30. The Morgan fingerprint density at radius 3 is 2.80 bits per heavy atom. The van der Waals surface area contributed by atoms with Crippen molar-refractivity contribution in [3.63, 3.8) is 0 Å². The van der Waals surface area contributed by atoms with Crippen molar-refractivity contribution in [2.75, 3.05) is 6.54 Å². The molecule has 0 amide bonds. The smallest absolute Gasteiger partial charge is 0.173 e. The molecule has 0 spiro atoms. The normalized spacial score (nSPS) is 12.9. The van der Waals surface area contributed by atoms with Crippen molar-refractivity contribution in [1.29, 1.82) is 0 Å². The summed E-state index contributed by atoms with van der Waals surface area (Å²) in [6.45, 7) is 7.28. The van der Waals surface area contributed by atoms with E-state index in [0.717, 1.165) is 22.5 Å². The van der Waals surface area contributed by atoms with Crippen LogP contribution in [0.4, 0.5) is 0 Å². The summed E-state index contributed by atoms with van der Waals surface area (Å²) in [6, 6.07) is 5.59. The molecule has 20 heavy (non-hydrogen) atoms. The highest BCUT2D eigenvalue weighted by atomic mass is 79.9. The maximum atomic E-state index is 6.05. The van der Waals surface area contributed by atoms with Crippen molar-refractivity contribution in [1.82, 2.24) is 25.5 Å². The Morgan fingerprint density at radius 2 is 2.10 bits per heavy atom. The summed E-state index contributed by atoms with van der Waals surface area (Å²) in [5, 5.41) is 16.0. The van der Waals surface area contributed by atoms with Crippen LogP contribution in [0.5, 0.6) is 0 Å². The molecule has 0 saturated heterocycles. The van der Waals surface area contributed by atoms with E-state index in [9.17, 15) is 0 Å². The highest BCUT2D eigenvalue weighted by Crippen LogP contribution is 2.26. The first-order valence-corrected chi connectivity index (χ1v) is 7.63. The molecule has 108 valence electrons. The minimum absolute atomic E-state index is 0.0540. The number of hydrogen-bond donors (Lipinski definition) is 1. The Morgan fingerprint density at radius 1 is 1.35 bits per heavy atom. The van der Waals surface area contributed by atoms with Gasteiger partial charge in [0.15, 0.2) is 5.82 Å². The van der Waals surface area contributed by atoms with Crippen LogP contribution >= 0.6 is 27.5 Å². The molecule has 0 bridgehead atoms. The fourth-order valence-corrected chi connectivity index (χ4v) is 2.37. The molecule has 1 aromatic heterocycles. The van der Waals surface area contributed by atoms with E-state index in [-0.39, 0.29) is 6.04 Å². The highest BCUT2D eigenvalue weighted by molar-refractivity contribution is 9.10. The van der Waals surface area contributed by atoms with Gasteiger partial charge in [0.2, 0.25) is 0 Å². The van der Waals surface area contributed by atoms with E-state index in [4.69, 9.17) is 11.6 Å². The number of tetrazole rings is 1. The fraction of sp³-hybridized carbons (Fsp3) is 0.462. The summed E-state index contributed by atoms with van der Waals surface area (Å²) in [5.41, 5.74) is 0.829. The maximum Gasteiger partial charge on any atom is 0.173 e. The number of halogens is 2. The van der Waals surface area contributed by atoms with Crippen LogP contribution in [0.3, 0.4) is 0 Å². The summed E-state index contributed by atoms with van der Waals surface area (Å²) >= 11 is 9.55. The summed E-state index contributed by atoms with van der Waals surface area (Å²) in [6.07, 6.45) is 0. The lowest BCUT2D eigenvalue weighted by atomic mass is 10.2. The van der Waals surface area contributed by atoms with Gasteiger partial charge < -0.3 is 5.32 Å². The molecule has 1 heterocycles. The number of hydrogen-bond acceptors (Lipinski definition) is 4. The molecule has 2 aromatic rings. The zero-order valence-electron chi connectivity index (χ0n) is 11.6. The summed E-state index contributed by atoms with van der Waals surface area (Å²) in [4.78, 5) is 0. The number of benzene rings is 1. The standard InChI is InChI=1S/C13H17BrClN5/c1-8(2)7-16-9(3)13-17-18-19-20(13)12-6-10(15)4-5-11(12)14/h4-6,8-9,16H,7H2,1-3H3. The molecule has 7 heteroatoms. The van der Waals surface area contributed by atoms with Crippen molar-refractivity contribution in [3.05, 3.63) is 33.5 Å². The van der Waals surface area contributed by atoms with Crippen LogP contribution in [0.15, 0.2) is 22.7 Å². The third-order valence-electron chi connectivity index (χ3n) is 2.85. The van der Waals surface area contributed by atoms with Crippen LogP contribution in [-0.4, -0.2) is 26.8 Å². The predicted octanol–water partition coefficient (Wildman–Crippen LogP) is 3.38. The largest absolute Gasteiger partial charge is 0.307 e. The molecule has 1 N–H and O–H groups in total. The first-order chi connectivity index (χ1) is 9.49. The predicted molar refractivity (Wildman–Crippen MR) is 83.1 cm³/mol. The van der Waals surface area contributed by atoms with Gasteiger partial charge in [0.05, 0.1) is 11.7 Å². The van der Waals surface area contributed by atoms with Gasteiger partial charge in [-0.15, -0.1) is 5.10 Å². The molecule has 0 aliphatic carbocycles. The Labute approximate surface area is 131 Å². The van der Waals surface area contributed by atoms with E-state index >= 15 is 0 Å². The molecule has 0 aliphatic rings. The molecule has 1 unspecified atom stereocenters. The molecule has 0 fully saturated rings. The van der Waals surface area contributed by atoms with Crippen molar-refractivity contribution >= 4 is 27.5 Å². The molecule has 1 atom stereocenters. The molecule has 5 nitrogen and oxygen atoms in total. The van der Waals surface area contributed by atoms with Crippen LogP contribution in [0.1, 0.15) is 32.6 Å². The number of nitrogens with zero attached hydrogens (tertiary/aromatic N) is 4. The van der Waals surface area contributed by atoms with Gasteiger partial charge in [-0.3, -0.25) is 0 Å². The first-order valence-electron chi connectivity index (χ1n) is 6.46. The third-order valence-corrected chi connectivity index (χ3v) is 3.76. The van der Waals surface area contributed by atoms with Crippen LogP contribution in [0.25, 0.3) is 5.69 Å². The van der Waals surface area contributed by atoms with Gasteiger partial charge in [0.25, 0.3) is 0 Å². The van der Waals surface area contributed by atoms with Crippen molar-refractivity contribution < 1.29 is 0 Å². The second-order valence-electron chi connectivity index (χ2n) is 5.07. The van der Waals surface area contributed by atoms with Gasteiger partial charge in [0.1, 0.15) is 0 Å². The van der Waals surface area contributed by atoms with E-state index in [1.54, 1.807) is 4.68 Å². The second-order valence-corrected chi connectivity index (χ2v) is 6.36. The summed E-state index contributed by atoms with van der Waals surface area (Å²) < 4.78 is 2.60. The van der Waals surface area contributed by atoms with Gasteiger partial charge in [-0.25, -0.2) is 0 Å². The van der Waals surface area contributed by atoms with Crippen LogP contribution in [-0.2, 0) is 0 Å². The fourth-order valence-electron chi connectivity index (χ4n) is 1.79. The monoisotopic (exact) mass is 357 g/mol. The molecule has 1 aromatic carbocycles. The van der Waals surface area contributed by atoms with Gasteiger partial charge >= 0.3 is 0 Å². The van der Waals surface area contributed by atoms with Gasteiger partial charge in [-0.1, -0.05) is 25.4 Å². The molecular formula is C13H17BrClN5. The summed E-state index contributed by atoms with van der Waals surface area (Å²) in [5.74, 6) is 1.33. The van der Waals surface area contributed by atoms with Gasteiger partial charge in [0, 0.05) is 9.50 Å². The van der Waals surface area contributed by atoms with Crippen molar-refractivity contribution in [2.45, 2.75) is 26.8 Å². The van der Waals surface area contributed by atoms with Crippen LogP contribution in [0, 0.1) is 5.92 Å². The average molecular weight is 359 g/mol. The van der Waals surface area contributed by atoms with Crippen molar-refractivity contribution in [2.24, 2.45) is 5.92 Å². The van der Waals surface area contributed by atoms with Crippen LogP contribution in [0.2, 0.25) is 5.02 Å². The molecule has 0 aliphatic heterocycles. The second kappa shape index (κ2) is 6.65. The zero-order chi connectivity index (χ0) is 14.7. The molecular weight excluding hydrogens is 342 g/mol. The first kappa shape index (κ1) is 15.4. The topological polar surface area (TPSA) is 55.6 Å². The molecule has 0 saturated carbocycles. The average Bonchev–Trinajstić information content (AvgIpc) is 2.88. The zero-order valence-corrected chi connectivity index (χ0v) is 14.0. The third kappa shape index (κ3) is 3.56. The minimum Gasteiger partial charge on any atom is -0.307 e. The minimum atomic E-state index is 0.0540. The van der Waals surface area contributed by atoms with Crippen molar-refractivity contribution in [3.8, 4) is 5.69 Å². The number of nitrogens with one attached hydrogen (secondary N) is 1. The van der Waals surface area contributed by atoms with E-state index in [1.165, 1.54) is 0 Å².